The van der Waals surface area contributed by atoms with Gasteiger partial charge in [-0.2, -0.15) is 4.31 Å². The number of carbonyl (C=O) groups excluding carboxylic acids is 1. The first-order valence-corrected chi connectivity index (χ1v) is 8.71. The van der Waals surface area contributed by atoms with Crippen molar-refractivity contribution in [1.82, 2.24) is 8.87 Å². The molecule has 1 aromatic heterocycles. The molecule has 132 valence electrons. The maximum Gasteiger partial charge on any atom is 0.354 e. The summed E-state index contributed by atoms with van der Waals surface area (Å²) in [7, 11) is -2.00. The number of aromatic nitrogens is 1. The van der Waals surface area contributed by atoms with Gasteiger partial charge in [-0.05, 0) is 31.4 Å². The summed E-state index contributed by atoms with van der Waals surface area (Å²) in [5.41, 5.74) is 5.76. The zero-order valence-electron chi connectivity index (χ0n) is 13.6. The largest absolute Gasteiger partial charge is 0.461 e. The molecule has 2 rings (SSSR count). The Morgan fingerprint density at radius 2 is 2.13 bits per heavy atom. The molecule has 1 atom stereocenters. The minimum atomic E-state index is -3.62. The predicted octanol–water partition coefficient (Wildman–Crippen LogP) is 0.983. The molecule has 9 heteroatoms. The van der Waals surface area contributed by atoms with Crippen molar-refractivity contribution >= 4 is 28.4 Å². The first kappa shape index (κ1) is 20.0. The average Bonchev–Trinajstić information content (AvgIpc) is 3.04. The predicted molar refractivity (Wildman–Crippen MR) is 89.2 cm³/mol. The van der Waals surface area contributed by atoms with Gasteiger partial charge in [-0.15, -0.1) is 12.4 Å². The van der Waals surface area contributed by atoms with Crippen molar-refractivity contribution in [3.05, 3.63) is 18.0 Å². The second-order valence-corrected chi connectivity index (χ2v) is 7.93. The van der Waals surface area contributed by atoms with Crippen LogP contribution in [0.4, 0.5) is 0 Å². The Labute approximate surface area is 143 Å². The molecule has 23 heavy (non-hydrogen) atoms. The van der Waals surface area contributed by atoms with Crippen LogP contribution in [0.5, 0.6) is 0 Å². The average molecular weight is 366 g/mol. The number of esters is 1. The van der Waals surface area contributed by atoms with E-state index in [1.165, 1.54) is 21.1 Å². The molecule has 2 heterocycles. The van der Waals surface area contributed by atoms with Crippen molar-refractivity contribution < 1.29 is 17.9 Å². The Morgan fingerprint density at radius 1 is 1.48 bits per heavy atom. The smallest absolute Gasteiger partial charge is 0.354 e. The summed E-state index contributed by atoms with van der Waals surface area (Å²) in [5, 5.41) is 0. The van der Waals surface area contributed by atoms with E-state index in [9.17, 15) is 13.2 Å². The topological polar surface area (TPSA) is 94.6 Å². The second-order valence-electron chi connectivity index (χ2n) is 6.00. The van der Waals surface area contributed by atoms with Gasteiger partial charge in [0.25, 0.3) is 0 Å². The van der Waals surface area contributed by atoms with Gasteiger partial charge >= 0.3 is 5.97 Å². The Hall–Kier alpha value is -1.09. The Morgan fingerprint density at radius 3 is 2.65 bits per heavy atom. The number of hydrogen-bond donors (Lipinski definition) is 1. The summed E-state index contributed by atoms with van der Waals surface area (Å²) < 4.78 is 33.2. The van der Waals surface area contributed by atoms with Crippen LogP contribution in [0.2, 0.25) is 0 Å². The van der Waals surface area contributed by atoms with Crippen molar-refractivity contribution in [2.75, 3.05) is 26.2 Å². The lowest BCUT2D eigenvalue weighted by Gasteiger charge is -2.22. The summed E-state index contributed by atoms with van der Waals surface area (Å²) in [4.78, 5) is 11.9. The molecule has 0 spiro atoms. The molecule has 0 saturated carbocycles. The van der Waals surface area contributed by atoms with Crippen molar-refractivity contribution in [3.63, 3.8) is 0 Å². The molecule has 1 saturated heterocycles. The summed E-state index contributed by atoms with van der Waals surface area (Å²) >= 11 is 0. The number of halogens is 1. The normalized spacial score (nSPS) is 21.9. The van der Waals surface area contributed by atoms with Crippen LogP contribution in [0.25, 0.3) is 0 Å². The molecular formula is C14H24ClN3O4S. The fourth-order valence-electron chi connectivity index (χ4n) is 2.58. The molecule has 0 aromatic carbocycles. The summed E-state index contributed by atoms with van der Waals surface area (Å²) in [6, 6.07) is 1.37. The summed E-state index contributed by atoms with van der Waals surface area (Å²) in [6.45, 7) is 5.22. The van der Waals surface area contributed by atoms with Gasteiger partial charge in [0.15, 0.2) is 0 Å². The molecule has 1 aliphatic heterocycles. The molecule has 1 unspecified atom stereocenters. The van der Waals surface area contributed by atoms with Crippen LogP contribution in [0.3, 0.4) is 0 Å². The molecule has 0 bridgehead atoms. The van der Waals surface area contributed by atoms with E-state index in [4.69, 9.17) is 10.5 Å². The van der Waals surface area contributed by atoms with Crippen LogP contribution in [-0.2, 0) is 21.8 Å². The van der Waals surface area contributed by atoms with E-state index in [0.29, 0.717) is 19.6 Å². The second kappa shape index (κ2) is 7.21. The monoisotopic (exact) mass is 365 g/mol. The number of aryl methyl sites for hydroxylation is 1. The van der Waals surface area contributed by atoms with E-state index >= 15 is 0 Å². The van der Waals surface area contributed by atoms with Crippen molar-refractivity contribution in [1.29, 1.82) is 0 Å². The van der Waals surface area contributed by atoms with E-state index in [2.05, 4.69) is 0 Å². The first-order valence-electron chi connectivity index (χ1n) is 7.27. The molecule has 1 aliphatic rings. The zero-order chi connectivity index (χ0) is 16.5. The summed E-state index contributed by atoms with van der Waals surface area (Å²) in [5.74, 6) is -0.528. The minimum absolute atomic E-state index is 0. The number of nitrogens with zero attached hydrogens (tertiary/aromatic N) is 2. The lowest BCUT2D eigenvalue weighted by Crippen LogP contribution is -2.34. The van der Waals surface area contributed by atoms with Gasteiger partial charge in [0.2, 0.25) is 10.0 Å². The van der Waals surface area contributed by atoms with Gasteiger partial charge in [0.05, 0.1) is 6.61 Å². The van der Waals surface area contributed by atoms with Crippen LogP contribution in [-0.4, -0.2) is 49.5 Å². The van der Waals surface area contributed by atoms with E-state index in [1.807, 2.05) is 6.92 Å². The molecule has 2 N–H and O–H groups in total. The Balaban J connectivity index is 0.00000264. The maximum atomic E-state index is 12.7. The molecule has 0 radical (unpaired) electrons. The summed E-state index contributed by atoms with van der Waals surface area (Å²) in [6.07, 6.45) is 2.18. The third-order valence-electron chi connectivity index (χ3n) is 4.12. The number of rotatable bonds is 5. The van der Waals surface area contributed by atoms with E-state index < -0.39 is 16.0 Å². The first-order chi connectivity index (χ1) is 10.2. The highest BCUT2D eigenvalue weighted by Crippen LogP contribution is 2.32. The number of carbonyl (C=O) groups is 1. The van der Waals surface area contributed by atoms with Crippen LogP contribution in [0, 0.1) is 5.41 Å². The molecule has 0 amide bonds. The molecule has 1 aromatic rings. The fourth-order valence-corrected chi connectivity index (χ4v) is 4.25. The highest BCUT2D eigenvalue weighted by atomic mass is 35.5. The van der Waals surface area contributed by atoms with Crippen LogP contribution in [0.15, 0.2) is 17.2 Å². The van der Waals surface area contributed by atoms with Crippen molar-refractivity contribution in [2.45, 2.75) is 25.2 Å². The molecule has 7 nitrogen and oxygen atoms in total. The minimum Gasteiger partial charge on any atom is -0.461 e. The fraction of sp³-hybridized carbons (Fsp3) is 0.643. The van der Waals surface area contributed by atoms with Crippen LogP contribution >= 0.6 is 12.4 Å². The van der Waals surface area contributed by atoms with Gasteiger partial charge in [0, 0.05) is 26.3 Å². The lowest BCUT2D eigenvalue weighted by molar-refractivity contribution is 0.0515. The van der Waals surface area contributed by atoms with Crippen LogP contribution < -0.4 is 5.73 Å². The third-order valence-corrected chi connectivity index (χ3v) is 5.93. The quantitative estimate of drug-likeness (QED) is 0.785. The maximum absolute atomic E-state index is 12.7. The SMILES string of the molecule is CCOC(=O)c1cc(S(=O)(=O)N2CCC(C)(CN)C2)cn1C.Cl. The number of ether oxygens (including phenoxy) is 1. The Kier molecular flexibility index (Phi) is 6.25. The highest BCUT2D eigenvalue weighted by Gasteiger charge is 2.39. The Bertz CT molecular complexity index is 674. The molecule has 0 aliphatic carbocycles. The van der Waals surface area contributed by atoms with E-state index in [1.54, 1.807) is 14.0 Å². The van der Waals surface area contributed by atoms with Crippen LogP contribution in [0.1, 0.15) is 30.8 Å². The van der Waals surface area contributed by atoms with Crippen molar-refractivity contribution in [2.24, 2.45) is 18.2 Å². The highest BCUT2D eigenvalue weighted by molar-refractivity contribution is 7.89. The molecular weight excluding hydrogens is 342 g/mol. The van der Waals surface area contributed by atoms with E-state index in [0.717, 1.165) is 6.42 Å². The number of nitrogens with two attached hydrogens (primary N) is 1. The number of sulfonamides is 1. The van der Waals surface area contributed by atoms with Gasteiger partial charge in [-0.3, -0.25) is 0 Å². The standard InChI is InChI=1S/C14H23N3O4S.ClH/c1-4-21-13(18)12-7-11(8-16(12)3)22(19,20)17-6-5-14(2,9-15)10-17;/h7-8H,4-6,9-10,15H2,1-3H3;1H. The van der Waals surface area contributed by atoms with Gasteiger partial charge in [-0.25, -0.2) is 13.2 Å². The van der Waals surface area contributed by atoms with Gasteiger partial charge < -0.3 is 15.0 Å². The molecule has 1 fully saturated rings. The van der Waals surface area contributed by atoms with E-state index in [-0.39, 0.29) is 35.0 Å². The van der Waals surface area contributed by atoms with Gasteiger partial charge in [-0.1, -0.05) is 6.92 Å². The third kappa shape index (κ3) is 3.88. The van der Waals surface area contributed by atoms with Gasteiger partial charge in [0.1, 0.15) is 10.6 Å². The van der Waals surface area contributed by atoms with Crippen molar-refractivity contribution in [3.8, 4) is 0 Å². The number of hydrogen-bond acceptors (Lipinski definition) is 5. The zero-order valence-corrected chi connectivity index (χ0v) is 15.2. The lowest BCUT2D eigenvalue weighted by atomic mass is 9.90.